The maximum atomic E-state index is 12.8. The van der Waals surface area contributed by atoms with Crippen LogP contribution in [0.2, 0.25) is 0 Å². The molecule has 0 bridgehead atoms. The van der Waals surface area contributed by atoms with Crippen LogP contribution >= 0.6 is 11.3 Å². The van der Waals surface area contributed by atoms with Gasteiger partial charge in [-0.05, 0) is 37.0 Å². The van der Waals surface area contributed by atoms with Crippen LogP contribution in [0.3, 0.4) is 0 Å². The Morgan fingerprint density at radius 2 is 2.35 bits per heavy atom. The van der Waals surface area contributed by atoms with E-state index in [0.717, 1.165) is 37.2 Å². The zero-order valence-corrected chi connectivity index (χ0v) is 14.5. The average Bonchev–Trinajstić information content (AvgIpc) is 3.21. The molecular weight excluding hydrogens is 306 g/mol. The van der Waals surface area contributed by atoms with Crippen molar-refractivity contribution in [3.63, 3.8) is 0 Å². The van der Waals surface area contributed by atoms with E-state index in [1.165, 1.54) is 4.88 Å². The van der Waals surface area contributed by atoms with E-state index < -0.39 is 0 Å². The summed E-state index contributed by atoms with van der Waals surface area (Å²) in [7, 11) is 0. The summed E-state index contributed by atoms with van der Waals surface area (Å²) in [5, 5.41) is 3.37. The largest absolute Gasteiger partial charge is 0.380 e. The Bertz CT molecular complexity index is 656. The minimum Gasteiger partial charge on any atom is -0.380 e. The lowest BCUT2D eigenvalue weighted by Gasteiger charge is -2.26. The van der Waals surface area contributed by atoms with E-state index in [9.17, 15) is 4.79 Å². The number of benzene rings is 1. The molecule has 4 nitrogen and oxygen atoms in total. The van der Waals surface area contributed by atoms with Crippen molar-refractivity contribution in [2.75, 3.05) is 11.9 Å². The molecule has 1 aliphatic heterocycles. The highest BCUT2D eigenvalue weighted by Crippen LogP contribution is 2.28. The molecule has 1 aromatic carbocycles. The Kier molecular flexibility index (Phi) is 4.96. The molecule has 122 valence electrons. The van der Waals surface area contributed by atoms with E-state index in [2.05, 4.69) is 24.1 Å². The second kappa shape index (κ2) is 7.13. The van der Waals surface area contributed by atoms with E-state index in [4.69, 9.17) is 0 Å². The first kappa shape index (κ1) is 16.0. The van der Waals surface area contributed by atoms with Gasteiger partial charge in [-0.25, -0.2) is 0 Å². The second-order valence-electron chi connectivity index (χ2n) is 6.14. The summed E-state index contributed by atoms with van der Waals surface area (Å²) in [6.07, 6.45) is 3.99. The molecule has 1 saturated heterocycles. The van der Waals surface area contributed by atoms with Gasteiger partial charge in [0, 0.05) is 34.9 Å². The number of hydrogen-bond acceptors (Lipinski definition) is 4. The van der Waals surface area contributed by atoms with Gasteiger partial charge in [0.25, 0.3) is 5.91 Å². The lowest BCUT2D eigenvalue weighted by Crippen LogP contribution is -2.37. The number of amides is 1. The Morgan fingerprint density at radius 1 is 1.48 bits per heavy atom. The molecule has 0 spiro atoms. The highest BCUT2D eigenvalue weighted by Gasteiger charge is 2.33. The molecule has 1 fully saturated rings. The van der Waals surface area contributed by atoms with Gasteiger partial charge in [-0.3, -0.25) is 9.78 Å². The summed E-state index contributed by atoms with van der Waals surface area (Å²) in [4.78, 5) is 20.1. The van der Waals surface area contributed by atoms with Crippen molar-refractivity contribution in [1.82, 2.24) is 9.88 Å². The number of likely N-dealkylation sites (tertiary alicyclic amines) is 1. The van der Waals surface area contributed by atoms with E-state index in [-0.39, 0.29) is 5.91 Å². The molecule has 1 aliphatic rings. The predicted octanol–water partition coefficient (Wildman–Crippen LogP) is 4.02. The predicted molar refractivity (Wildman–Crippen MR) is 94.8 cm³/mol. The van der Waals surface area contributed by atoms with Crippen LogP contribution in [0.1, 0.15) is 41.9 Å². The van der Waals surface area contributed by atoms with E-state index in [1.807, 2.05) is 40.9 Å². The lowest BCUT2D eigenvalue weighted by molar-refractivity contribution is 0.0718. The number of anilines is 1. The number of aromatic nitrogens is 1. The van der Waals surface area contributed by atoms with Crippen LogP contribution in [0.15, 0.2) is 36.0 Å². The van der Waals surface area contributed by atoms with Crippen molar-refractivity contribution < 1.29 is 4.79 Å². The van der Waals surface area contributed by atoms with Crippen LogP contribution in [0, 0.1) is 5.92 Å². The number of hydrogen-bond donors (Lipinski definition) is 1. The summed E-state index contributed by atoms with van der Waals surface area (Å²) in [6, 6.07) is 8.19. The van der Waals surface area contributed by atoms with Crippen LogP contribution in [-0.2, 0) is 6.54 Å². The zero-order valence-electron chi connectivity index (χ0n) is 13.7. The molecule has 1 amide bonds. The Morgan fingerprint density at radius 3 is 3.09 bits per heavy atom. The van der Waals surface area contributed by atoms with Crippen molar-refractivity contribution in [2.24, 2.45) is 5.92 Å². The normalized spacial score (nSPS) is 20.7. The summed E-state index contributed by atoms with van der Waals surface area (Å²) >= 11 is 1.63. The van der Waals surface area contributed by atoms with Gasteiger partial charge in [0.05, 0.1) is 12.1 Å². The number of carbonyl (C=O) groups is 1. The molecule has 1 N–H and O–H groups in total. The summed E-state index contributed by atoms with van der Waals surface area (Å²) in [5.41, 5.74) is 3.58. The van der Waals surface area contributed by atoms with Gasteiger partial charge < -0.3 is 10.2 Å². The quantitative estimate of drug-likeness (QED) is 0.901. The number of thiazole rings is 1. The van der Waals surface area contributed by atoms with Crippen molar-refractivity contribution in [1.29, 1.82) is 0 Å². The van der Waals surface area contributed by atoms with Crippen molar-refractivity contribution in [3.05, 3.63) is 46.4 Å². The second-order valence-corrected chi connectivity index (χ2v) is 7.11. The molecule has 2 aromatic rings. The van der Waals surface area contributed by atoms with Gasteiger partial charge >= 0.3 is 0 Å². The fourth-order valence-electron chi connectivity index (χ4n) is 3.33. The Hall–Kier alpha value is -1.88. The van der Waals surface area contributed by atoms with Crippen molar-refractivity contribution >= 4 is 22.9 Å². The SMILES string of the molecule is CCC1C(C)CCN1C(=O)c1cccc(NCc2cncs2)c1. The third kappa shape index (κ3) is 3.55. The minimum atomic E-state index is 0.155. The third-order valence-corrected chi connectivity index (χ3v) is 5.40. The van der Waals surface area contributed by atoms with Crippen LogP contribution in [0.4, 0.5) is 5.69 Å². The Balaban J connectivity index is 1.70. The maximum absolute atomic E-state index is 12.8. The van der Waals surface area contributed by atoms with Crippen LogP contribution in [-0.4, -0.2) is 28.4 Å². The molecular formula is C18H23N3OS. The van der Waals surface area contributed by atoms with Gasteiger partial charge in [-0.1, -0.05) is 19.9 Å². The Labute approximate surface area is 141 Å². The summed E-state index contributed by atoms with van der Waals surface area (Å²) < 4.78 is 0. The van der Waals surface area contributed by atoms with Crippen LogP contribution in [0.5, 0.6) is 0 Å². The standard InChI is InChI=1S/C18H23N3OS/c1-3-17-13(2)7-8-21(17)18(22)14-5-4-6-15(9-14)20-11-16-10-19-12-23-16/h4-6,9-10,12-13,17,20H,3,7-8,11H2,1-2H3. The molecule has 0 radical (unpaired) electrons. The molecule has 0 aliphatic carbocycles. The fraction of sp³-hybridized carbons (Fsp3) is 0.444. The molecule has 5 heteroatoms. The molecule has 23 heavy (non-hydrogen) atoms. The van der Waals surface area contributed by atoms with E-state index in [1.54, 1.807) is 11.3 Å². The van der Waals surface area contributed by atoms with Gasteiger partial charge in [-0.15, -0.1) is 11.3 Å². The first-order valence-corrected chi connectivity index (χ1v) is 9.09. The van der Waals surface area contributed by atoms with E-state index in [0.29, 0.717) is 12.0 Å². The smallest absolute Gasteiger partial charge is 0.254 e. The zero-order chi connectivity index (χ0) is 16.2. The monoisotopic (exact) mass is 329 g/mol. The maximum Gasteiger partial charge on any atom is 0.254 e. The topological polar surface area (TPSA) is 45.2 Å². The third-order valence-electron chi connectivity index (χ3n) is 4.62. The van der Waals surface area contributed by atoms with Gasteiger partial charge in [-0.2, -0.15) is 0 Å². The van der Waals surface area contributed by atoms with Gasteiger partial charge in [0.1, 0.15) is 0 Å². The highest BCUT2D eigenvalue weighted by atomic mass is 32.1. The first-order chi connectivity index (χ1) is 11.2. The lowest BCUT2D eigenvalue weighted by atomic mass is 10.0. The van der Waals surface area contributed by atoms with Crippen molar-refractivity contribution in [3.8, 4) is 0 Å². The summed E-state index contributed by atoms with van der Waals surface area (Å²) in [5.74, 6) is 0.749. The number of carbonyl (C=O) groups excluding carboxylic acids is 1. The molecule has 3 rings (SSSR count). The van der Waals surface area contributed by atoms with Crippen molar-refractivity contribution in [2.45, 2.75) is 39.3 Å². The number of rotatable bonds is 5. The molecule has 2 heterocycles. The molecule has 2 atom stereocenters. The molecule has 1 aromatic heterocycles. The number of nitrogens with zero attached hydrogens (tertiary/aromatic N) is 2. The minimum absolute atomic E-state index is 0.155. The van der Waals surface area contributed by atoms with Gasteiger partial charge in [0.2, 0.25) is 0 Å². The molecule has 2 unspecified atom stereocenters. The first-order valence-electron chi connectivity index (χ1n) is 8.21. The van der Waals surface area contributed by atoms with Crippen LogP contribution < -0.4 is 5.32 Å². The van der Waals surface area contributed by atoms with E-state index >= 15 is 0 Å². The highest BCUT2D eigenvalue weighted by molar-refractivity contribution is 7.09. The molecule has 0 saturated carbocycles. The fourth-order valence-corrected chi connectivity index (χ4v) is 3.86. The summed E-state index contributed by atoms with van der Waals surface area (Å²) in [6.45, 7) is 6.02. The van der Waals surface area contributed by atoms with Crippen LogP contribution in [0.25, 0.3) is 0 Å². The average molecular weight is 329 g/mol. The van der Waals surface area contributed by atoms with Gasteiger partial charge in [0.15, 0.2) is 0 Å². The number of nitrogens with one attached hydrogen (secondary N) is 1.